The number of benzene rings is 2. The van der Waals surface area contributed by atoms with E-state index in [2.05, 4.69) is 10.1 Å². The first-order chi connectivity index (χ1) is 18.3. The Hall–Kier alpha value is -3.52. The van der Waals surface area contributed by atoms with Gasteiger partial charge in [-0.05, 0) is 54.5 Å². The van der Waals surface area contributed by atoms with Crippen LogP contribution < -0.4 is 10.1 Å². The van der Waals surface area contributed by atoms with Crippen LogP contribution in [0.1, 0.15) is 53.1 Å². The Morgan fingerprint density at radius 2 is 1.69 bits per heavy atom. The van der Waals surface area contributed by atoms with Crippen molar-refractivity contribution in [3.8, 4) is 5.75 Å². The fourth-order valence-corrected chi connectivity index (χ4v) is 6.92. The summed E-state index contributed by atoms with van der Waals surface area (Å²) in [5, 5.41) is 2.21. The first-order valence-corrected chi connectivity index (χ1v) is 13.6. The van der Waals surface area contributed by atoms with Crippen LogP contribution in [-0.2, 0) is 26.2 Å². The van der Waals surface area contributed by atoms with Crippen molar-refractivity contribution in [2.45, 2.75) is 55.4 Å². The van der Waals surface area contributed by atoms with Crippen LogP contribution in [0.25, 0.3) is 0 Å². The van der Waals surface area contributed by atoms with Crippen LogP contribution in [0, 0.1) is 5.82 Å². The molecule has 14 heteroatoms. The number of hydrogen-bond donors (Lipinski definition) is 1. The molecule has 0 radical (unpaired) electrons. The SMILES string of the molecule is O=C1CCC(N2Cc3cc(C4CCN(S(=O)(=O)c5ccccc5OC(F)(F)F)CC4)c(F)cc3C2=O)C(=O)N1. The van der Waals surface area contributed by atoms with E-state index in [9.17, 15) is 36.0 Å². The molecule has 1 atom stereocenters. The molecule has 1 N–H and O–H groups in total. The number of ether oxygens (including phenoxy) is 1. The van der Waals surface area contributed by atoms with E-state index in [4.69, 9.17) is 0 Å². The lowest BCUT2D eigenvalue weighted by atomic mass is 9.88. The molecule has 0 aliphatic carbocycles. The lowest BCUT2D eigenvalue weighted by Gasteiger charge is -2.32. The second-order valence-corrected chi connectivity index (χ2v) is 11.5. The number of nitrogens with one attached hydrogen (secondary N) is 1. The molecule has 2 aromatic carbocycles. The normalized spacial score (nSPS) is 21.2. The van der Waals surface area contributed by atoms with Gasteiger partial charge >= 0.3 is 6.36 Å². The third kappa shape index (κ3) is 5.22. The summed E-state index contributed by atoms with van der Waals surface area (Å²) in [5.74, 6) is -3.38. The number of hydrogen-bond acceptors (Lipinski definition) is 6. The van der Waals surface area contributed by atoms with E-state index in [-0.39, 0.29) is 50.9 Å². The molecule has 0 aromatic heterocycles. The van der Waals surface area contributed by atoms with Crippen molar-refractivity contribution in [3.63, 3.8) is 0 Å². The van der Waals surface area contributed by atoms with Gasteiger partial charge in [0.2, 0.25) is 21.8 Å². The van der Waals surface area contributed by atoms with Gasteiger partial charge in [-0.25, -0.2) is 12.8 Å². The number of alkyl halides is 3. The van der Waals surface area contributed by atoms with Gasteiger partial charge in [0.25, 0.3) is 5.91 Å². The maximum absolute atomic E-state index is 15.2. The van der Waals surface area contributed by atoms with Crippen molar-refractivity contribution < 1.29 is 45.1 Å². The van der Waals surface area contributed by atoms with Crippen molar-refractivity contribution >= 4 is 27.7 Å². The standard InChI is InChI=1S/C25H23F4N3O6S/c26-18-12-17-15(13-32(24(17)35)19-5-6-22(33)30-23(19)34)11-16(18)14-7-9-31(10-8-14)39(36,37)21-4-2-1-3-20(21)38-25(27,28)29/h1-4,11-12,14,19H,5-10,13H2,(H,30,33,34). The average molecular weight is 570 g/mol. The van der Waals surface area contributed by atoms with E-state index in [1.165, 1.54) is 17.0 Å². The molecule has 3 amide bonds. The van der Waals surface area contributed by atoms with E-state index in [1.54, 1.807) is 6.07 Å². The summed E-state index contributed by atoms with van der Waals surface area (Å²) in [7, 11) is -4.33. The number of para-hydroxylation sites is 1. The number of imide groups is 1. The third-order valence-electron chi connectivity index (χ3n) is 7.23. The quantitative estimate of drug-likeness (QED) is 0.438. The highest BCUT2D eigenvalue weighted by Gasteiger charge is 2.41. The van der Waals surface area contributed by atoms with Gasteiger partial charge in [-0.2, -0.15) is 4.31 Å². The van der Waals surface area contributed by atoms with Gasteiger partial charge in [-0.3, -0.25) is 19.7 Å². The topological polar surface area (TPSA) is 113 Å². The molecular weight excluding hydrogens is 546 g/mol. The second-order valence-electron chi connectivity index (χ2n) is 9.60. The lowest BCUT2D eigenvalue weighted by molar-refractivity contribution is -0.275. The Labute approximate surface area is 220 Å². The van der Waals surface area contributed by atoms with Crippen molar-refractivity contribution in [3.05, 3.63) is 58.9 Å². The molecule has 5 rings (SSSR count). The first kappa shape index (κ1) is 27.1. The molecule has 2 fully saturated rings. The predicted octanol–water partition coefficient (Wildman–Crippen LogP) is 3.05. The highest BCUT2D eigenvalue weighted by atomic mass is 32.2. The zero-order valence-corrected chi connectivity index (χ0v) is 21.1. The summed E-state index contributed by atoms with van der Waals surface area (Å²) in [6.07, 6.45) is -4.42. The van der Waals surface area contributed by atoms with Crippen molar-refractivity contribution in [1.29, 1.82) is 0 Å². The van der Waals surface area contributed by atoms with E-state index in [1.807, 2.05) is 0 Å². The number of piperidine rings is 2. The average Bonchev–Trinajstić information content (AvgIpc) is 3.18. The van der Waals surface area contributed by atoms with Gasteiger partial charge in [0.05, 0.1) is 0 Å². The smallest absolute Gasteiger partial charge is 0.404 e. The van der Waals surface area contributed by atoms with Gasteiger partial charge in [0.15, 0.2) is 0 Å². The summed E-state index contributed by atoms with van der Waals surface area (Å²) < 4.78 is 84.7. The minimum Gasteiger partial charge on any atom is -0.404 e. The van der Waals surface area contributed by atoms with Crippen LogP contribution in [-0.4, -0.2) is 60.8 Å². The zero-order valence-electron chi connectivity index (χ0n) is 20.3. The highest BCUT2D eigenvalue weighted by Crippen LogP contribution is 2.38. The number of nitrogens with zero attached hydrogens (tertiary/aromatic N) is 2. The van der Waals surface area contributed by atoms with Gasteiger partial charge in [0, 0.05) is 31.6 Å². The molecule has 3 aliphatic heterocycles. The third-order valence-corrected chi connectivity index (χ3v) is 9.17. The summed E-state index contributed by atoms with van der Waals surface area (Å²) in [6.45, 7) is -0.0622. The second kappa shape index (κ2) is 9.90. The monoisotopic (exact) mass is 569 g/mol. The first-order valence-electron chi connectivity index (χ1n) is 12.2. The van der Waals surface area contributed by atoms with E-state index in [0.717, 1.165) is 22.5 Å². The van der Waals surface area contributed by atoms with Crippen LogP contribution in [0.5, 0.6) is 5.75 Å². The minimum atomic E-state index is -5.07. The summed E-state index contributed by atoms with van der Waals surface area (Å²) in [5.41, 5.74) is 0.945. The highest BCUT2D eigenvalue weighted by molar-refractivity contribution is 7.89. The molecule has 3 aliphatic rings. The summed E-state index contributed by atoms with van der Waals surface area (Å²) in [4.78, 5) is 37.3. The molecule has 39 heavy (non-hydrogen) atoms. The molecule has 3 heterocycles. The zero-order chi connectivity index (χ0) is 28.1. The summed E-state index contributed by atoms with van der Waals surface area (Å²) >= 11 is 0. The van der Waals surface area contributed by atoms with Crippen molar-refractivity contribution in [2.24, 2.45) is 0 Å². The molecule has 208 valence electrons. The number of carbonyl (C=O) groups is 3. The molecule has 1 unspecified atom stereocenters. The number of fused-ring (bicyclic) bond motifs is 1. The van der Waals surface area contributed by atoms with E-state index >= 15 is 4.39 Å². The maximum atomic E-state index is 15.2. The molecule has 9 nitrogen and oxygen atoms in total. The fraction of sp³-hybridized carbons (Fsp3) is 0.400. The fourth-order valence-electron chi connectivity index (χ4n) is 5.34. The Morgan fingerprint density at radius 1 is 1.00 bits per heavy atom. The molecule has 2 aromatic rings. The van der Waals surface area contributed by atoms with Gasteiger partial charge in [-0.15, -0.1) is 13.2 Å². The lowest BCUT2D eigenvalue weighted by Crippen LogP contribution is -2.52. The van der Waals surface area contributed by atoms with Crippen LogP contribution in [0.3, 0.4) is 0 Å². The number of amides is 3. The Balaban J connectivity index is 1.31. The minimum absolute atomic E-state index is 0.0643. The van der Waals surface area contributed by atoms with Gasteiger partial charge < -0.3 is 9.64 Å². The van der Waals surface area contributed by atoms with Gasteiger partial charge in [0.1, 0.15) is 22.5 Å². The Morgan fingerprint density at radius 3 is 2.36 bits per heavy atom. The van der Waals surface area contributed by atoms with Crippen LogP contribution in [0.15, 0.2) is 41.3 Å². The number of rotatable bonds is 5. The predicted molar refractivity (Wildman–Crippen MR) is 126 cm³/mol. The van der Waals surface area contributed by atoms with E-state index < -0.39 is 62.5 Å². The van der Waals surface area contributed by atoms with Crippen LogP contribution >= 0.6 is 0 Å². The van der Waals surface area contributed by atoms with Crippen molar-refractivity contribution in [1.82, 2.24) is 14.5 Å². The largest absolute Gasteiger partial charge is 0.573 e. The molecule has 0 bridgehead atoms. The van der Waals surface area contributed by atoms with E-state index in [0.29, 0.717) is 11.1 Å². The van der Waals surface area contributed by atoms with Crippen LogP contribution in [0.2, 0.25) is 0 Å². The number of halogens is 4. The molecule has 2 saturated heterocycles. The maximum Gasteiger partial charge on any atom is 0.573 e. The number of sulfonamides is 1. The molecule has 0 saturated carbocycles. The Kier molecular flexibility index (Phi) is 6.87. The van der Waals surface area contributed by atoms with Gasteiger partial charge in [-0.1, -0.05) is 18.2 Å². The molecular formula is C25H23F4N3O6S. The van der Waals surface area contributed by atoms with Crippen molar-refractivity contribution in [2.75, 3.05) is 13.1 Å². The summed E-state index contributed by atoms with van der Waals surface area (Å²) in [6, 6.07) is 6.31. The van der Waals surface area contributed by atoms with Crippen LogP contribution in [0.4, 0.5) is 17.6 Å². The Bertz CT molecular complexity index is 1450. The number of carbonyl (C=O) groups excluding carboxylic acids is 3. The molecule has 0 spiro atoms.